The third-order valence-corrected chi connectivity index (χ3v) is 6.99. The number of hydrogen-bond donors (Lipinski definition) is 3. The van der Waals surface area contributed by atoms with Crippen LogP contribution in [0.4, 0.5) is 10.5 Å². The second-order valence-electron chi connectivity index (χ2n) is 9.06. The molecule has 6 nitrogen and oxygen atoms in total. The fourth-order valence-electron chi connectivity index (χ4n) is 4.92. The molecule has 33 heavy (non-hydrogen) atoms. The number of carbonyl (C=O) groups excluding carboxylic acids is 2. The molecule has 2 fully saturated rings. The number of anilines is 1. The summed E-state index contributed by atoms with van der Waals surface area (Å²) in [6, 6.07) is 15.9. The minimum absolute atomic E-state index is 0.129. The Balaban J connectivity index is 1.35. The van der Waals surface area contributed by atoms with Crippen molar-refractivity contribution in [2.45, 2.75) is 63.1 Å². The molecule has 176 valence electrons. The number of nitrogens with one attached hydrogen (secondary N) is 3. The summed E-state index contributed by atoms with van der Waals surface area (Å²) in [4.78, 5) is 28.5. The van der Waals surface area contributed by atoms with E-state index in [-0.39, 0.29) is 11.9 Å². The van der Waals surface area contributed by atoms with Crippen molar-refractivity contribution in [3.63, 3.8) is 0 Å². The van der Waals surface area contributed by atoms with E-state index in [4.69, 9.17) is 11.6 Å². The number of carbonyl (C=O) groups is 2. The van der Waals surface area contributed by atoms with E-state index >= 15 is 0 Å². The lowest BCUT2D eigenvalue weighted by atomic mass is 9.92. The van der Waals surface area contributed by atoms with Gasteiger partial charge in [0.15, 0.2) is 0 Å². The zero-order valence-corrected chi connectivity index (χ0v) is 19.7. The topological polar surface area (TPSA) is 73.5 Å². The van der Waals surface area contributed by atoms with Crippen LogP contribution in [0.3, 0.4) is 0 Å². The van der Waals surface area contributed by atoms with Crippen LogP contribution in [0.5, 0.6) is 0 Å². The van der Waals surface area contributed by atoms with Gasteiger partial charge in [0.25, 0.3) is 0 Å². The Labute approximate surface area is 201 Å². The SMILES string of the molecule is O=C(Nc1ccc(Cl)cc1)N[C@@H](C(=O)NC1CCN(C2CCCCC2)CC1)c1ccccc1. The van der Waals surface area contributed by atoms with Crippen LogP contribution in [0.15, 0.2) is 54.6 Å². The number of likely N-dealkylation sites (tertiary alicyclic amines) is 1. The Morgan fingerprint density at radius 3 is 2.21 bits per heavy atom. The van der Waals surface area contributed by atoms with Crippen molar-refractivity contribution in [1.82, 2.24) is 15.5 Å². The van der Waals surface area contributed by atoms with Crippen molar-refractivity contribution >= 4 is 29.2 Å². The Bertz CT molecular complexity index is 908. The number of urea groups is 1. The molecule has 1 aliphatic heterocycles. The molecule has 2 aromatic carbocycles. The van der Waals surface area contributed by atoms with Crippen LogP contribution < -0.4 is 16.0 Å². The average molecular weight is 469 g/mol. The summed E-state index contributed by atoms with van der Waals surface area (Å²) in [6.45, 7) is 2.05. The molecule has 3 N–H and O–H groups in total. The highest BCUT2D eigenvalue weighted by atomic mass is 35.5. The molecule has 2 aliphatic rings. The molecule has 2 aromatic rings. The van der Waals surface area contributed by atoms with Gasteiger partial charge in [0.1, 0.15) is 6.04 Å². The highest BCUT2D eigenvalue weighted by Crippen LogP contribution is 2.25. The minimum atomic E-state index is -0.769. The van der Waals surface area contributed by atoms with E-state index in [0.29, 0.717) is 16.8 Å². The first-order valence-corrected chi connectivity index (χ1v) is 12.4. The zero-order valence-electron chi connectivity index (χ0n) is 18.9. The molecule has 3 amide bonds. The van der Waals surface area contributed by atoms with Gasteiger partial charge in [-0.05, 0) is 55.5 Å². The van der Waals surface area contributed by atoms with Crippen molar-refractivity contribution in [3.05, 3.63) is 65.2 Å². The Morgan fingerprint density at radius 2 is 1.55 bits per heavy atom. The number of nitrogens with zero attached hydrogens (tertiary/aromatic N) is 1. The number of hydrogen-bond acceptors (Lipinski definition) is 3. The van der Waals surface area contributed by atoms with Crippen molar-refractivity contribution in [2.24, 2.45) is 0 Å². The van der Waals surface area contributed by atoms with Crippen molar-refractivity contribution < 1.29 is 9.59 Å². The number of halogens is 1. The number of benzene rings is 2. The van der Waals surface area contributed by atoms with Gasteiger partial charge in [0.05, 0.1) is 0 Å². The third-order valence-electron chi connectivity index (χ3n) is 6.74. The smallest absolute Gasteiger partial charge is 0.320 e. The quantitative estimate of drug-likeness (QED) is 0.551. The first kappa shape index (κ1) is 23.6. The Morgan fingerprint density at radius 1 is 0.879 bits per heavy atom. The number of rotatable bonds is 6. The fourth-order valence-corrected chi connectivity index (χ4v) is 5.04. The van der Waals surface area contributed by atoms with E-state index in [9.17, 15) is 9.59 Å². The van der Waals surface area contributed by atoms with Gasteiger partial charge in [0, 0.05) is 35.9 Å². The first-order valence-electron chi connectivity index (χ1n) is 12.0. The molecule has 1 saturated heterocycles. The predicted octanol–water partition coefficient (Wildman–Crippen LogP) is 5.12. The van der Waals surface area contributed by atoms with Gasteiger partial charge in [-0.1, -0.05) is 61.2 Å². The van der Waals surface area contributed by atoms with Crippen LogP contribution in [-0.4, -0.2) is 42.0 Å². The average Bonchev–Trinajstić information content (AvgIpc) is 2.85. The summed E-state index contributed by atoms with van der Waals surface area (Å²) in [6.07, 6.45) is 8.54. The van der Waals surface area contributed by atoms with Gasteiger partial charge in [-0.25, -0.2) is 4.79 Å². The van der Waals surface area contributed by atoms with Crippen LogP contribution in [-0.2, 0) is 4.79 Å². The number of piperidine rings is 1. The maximum absolute atomic E-state index is 13.2. The van der Waals surface area contributed by atoms with E-state index in [2.05, 4.69) is 20.9 Å². The lowest BCUT2D eigenvalue weighted by molar-refractivity contribution is -0.124. The van der Waals surface area contributed by atoms with E-state index < -0.39 is 12.1 Å². The maximum Gasteiger partial charge on any atom is 0.320 e. The van der Waals surface area contributed by atoms with Crippen LogP contribution in [0.2, 0.25) is 5.02 Å². The van der Waals surface area contributed by atoms with E-state index in [1.165, 1.54) is 32.1 Å². The molecule has 1 heterocycles. The molecule has 1 atom stereocenters. The molecule has 0 radical (unpaired) electrons. The summed E-state index contributed by atoms with van der Waals surface area (Å²) in [5.74, 6) is -0.177. The number of amides is 3. The first-order chi connectivity index (χ1) is 16.1. The molecule has 7 heteroatoms. The van der Waals surface area contributed by atoms with Gasteiger partial charge in [-0.2, -0.15) is 0 Å². The van der Waals surface area contributed by atoms with Crippen molar-refractivity contribution in [1.29, 1.82) is 0 Å². The van der Waals surface area contributed by atoms with Crippen LogP contribution in [0, 0.1) is 0 Å². The molecule has 0 unspecified atom stereocenters. The molecular formula is C26H33ClN4O2. The van der Waals surface area contributed by atoms with Gasteiger partial charge in [-0.3, -0.25) is 4.79 Å². The van der Waals surface area contributed by atoms with Gasteiger partial charge in [0.2, 0.25) is 5.91 Å². The van der Waals surface area contributed by atoms with E-state index in [1.54, 1.807) is 24.3 Å². The molecule has 4 rings (SSSR count). The van der Waals surface area contributed by atoms with Crippen molar-refractivity contribution in [2.75, 3.05) is 18.4 Å². The van der Waals surface area contributed by atoms with Crippen LogP contribution >= 0.6 is 11.6 Å². The molecule has 0 aromatic heterocycles. The van der Waals surface area contributed by atoms with Crippen LogP contribution in [0.25, 0.3) is 0 Å². The molecule has 0 bridgehead atoms. The highest BCUT2D eigenvalue weighted by molar-refractivity contribution is 6.30. The zero-order chi connectivity index (χ0) is 23.0. The molecular weight excluding hydrogens is 436 g/mol. The second-order valence-corrected chi connectivity index (χ2v) is 9.50. The summed E-state index contributed by atoms with van der Waals surface area (Å²) in [5.41, 5.74) is 1.36. The fraction of sp³-hybridized carbons (Fsp3) is 0.462. The Kier molecular flexibility index (Phi) is 8.24. The lowest BCUT2D eigenvalue weighted by Crippen LogP contribution is -2.51. The van der Waals surface area contributed by atoms with E-state index in [0.717, 1.165) is 31.5 Å². The predicted molar refractivity (Wildman–Crippen MR) is 132 cm³/mol. The maximum atomic E-state index is 13.2. The Hall–Kier alpha value is -2.57. The van der Waals surface area contributed by atoms with Crippen molar-refractivity contribution in [3.8, 4) is 0 Å². The molecule has 1 aliphatic carbocycles. The standard InChI is InChI=1S/C26H33ClN4O2/c27-20-11-13-21(14-12-20)29-26(33)30-24(19-7-3-1-4-8-19)25(32)28-22-15-17-31(18-16-22)23-9-5-2-6-10-23/h1,3-4,7-8,11-14,22-24H,2,5-6,9-10,15-18H2,(H,28,32)(H2,29,30,33)/t24-/m1/s1. The van der Waals surface area contributed by atoms with Gasteiger partial charge in [-0.15, -0.1) is 0 Å². The third kappa shape index (κ3) is 6.71. The second kappa shape index (κ2) is 11.5. The summed E-state index contributed by atoms with van der Waals surface area (Å²) in [7, 11) is 0. The molecule has 1 saturated carbocycles. The highest BCUT2D eigenvalue weighted by Gasteiger charge is 2.29. The van der Waals surface area contributed by atoms with Crippen LogP contribution in [0.1, 0.15) is 56.6 Å². The summed E-state index contributed by atoms with van der Waals surface area (Å²) >= 11 is 5.92. The summed E-state index contributed by atoms with van der Waals surface area (Å²) in [5, 5.41) is 9.40. The van der Waals surface area contributed by atoms with E-state index in [1.807, 2.05) is 30.3 Å². The van der Waals surface area contributed by atoms with Gasteiger partial charge < -0.3 is 20.9 Å². The van der Waals surface area contributed by atoms with Gasteiger partial charge >= 0.3 is 6.03 Å². The lowest BCUT2D eigenvalue weighted by Gasteiger charge is -2.39. The minimum Gasteiger partial charge on any atom is -0.351 e. The monoisotopic (exact) mass is 468 g/mol. The summed E-state index contributed by atoms with van der Waals surface area (Å²) < 4.78 is 0. The molecule has 0 spiro atoms. The normalized spacial score (nSPS) is 18.9. The largest absolute Gasteiger partial charge is 0.351 e.